The molecule has 0 heterocycles. The van der Waals surface area contributed by atoms with Gasteiger partial charge in [0.05, 0.1) is 11.5 Å². The number of aliphatic hydroxyl groups is 1. The Morgan fingerprint density at radius 1 is 1.27 bits per heavy atom. The van der Waals surface area contributed by atoms with Crippen LogP contribution in [0.3, 0.4) is 0 Å². The summed E-state index contributed by atoms with van der Waals surface area (Å²) >= 11 is 6.20. The van der Waals surface area contributed by atoms with Gasteiger partial charge in [-0.25, -0.2) is 0 Å². The quantitative estimate of drug-likeness (QED) is 0.327. The van der Waals surface area contributed by atoms with E-state index in [0.29, 0.717) is 19.4 Å². The number of carbonyl (C=O) groups is 1. The molecular formula is C17H35ClO3Si. The maximum Gasteiger partial charge on any atom is 0.191 e. The Morgan fingerprint density at radius 2 is 1.86 bits per heavy atom. The summed E-state index contributed by atoms with van der Waals surface area (Å²) in [5.74, 6) is 0.109. The van der Waals surface area contributed by atoms with E-state index in [0.717, 1.165) is 19.3 Å². The second kappa shape index (κ2) is 10.1. The molecule has 0 amide bonds. The van der Waals surface area contributed by atoms with E-state index < -0.39 is 14.4 Å². The van der Waals surface area contributed by atoms with Crippen molar-refractivity contribution in [3.8, 4) is 0 Å². The molecule has 0 unspecified atom stereocenters. The predicted octanol–water partition coefficient (Wildman–Crippen LogP) is 4.91. The topological polar surface area (TPSA) is 46.5 Å². The van der Waals surface area contributed by atoms with Crippen molar-refractivity contribution in [3.63, 3.8) is 0 Å². The number of rotatable bonds is 11. The highest BCUT2D eigenvalue weighted by atomic mass is 35.5. The first-order valence-corrected chi connectivity index (χ1v) is 11.8. The summed E-state index contributed by atoms with van der Waals surface area (Å²) in [6, 6.07) is 0. The minimum atomic E-state index is -1.70. The van der Waals surface area contributed by atoms with Crippen molar-refractivity contribution in [3.05, 3.63) is 0 Å². The fraction of sp³-hybridized carbons (Fsp3) is 0.941. The van der Waals surface area contributed by atoms with E-state index in [1.807, 2.05) is 0 Å². The smallest absolute Gasteiger partial charge is 0.191 e. The van der Waals surface area contributed by atoms with Crippen LogP contribution in [0.1, 0.15) is 66.2 Å². The Kier molecular flexibility index (Phi) is 10.1. The Morgan fingerprint density at radius 3 is 2.36 bits per heavy atom. The molecule has 0 bridgehead atoms. The van der Waals surface area contributed by atoms with Crippen LogP contribution in [-0.4, -0.2) is 37.3 Å². The number of alkyl halides is 1. The molecule has 22 heavy (non-hydrogen) atoms. The van der Waals surface area contributed by atoms with Crippen molar-refractivity contribution >= 4 is 25.7 Å². The van der Waals surface area contributed by atoms with Gasteiger partial charge < -0.3 is 9.53 Å². The number of unbranched alkanes of at least 4 members (excludes halogenated alkanes) is 1. The van der Waals surface area contributed by atoms with E-state index in [1.54, 1.807) is 0 Å². The number of hydrogen-bond donors (Lipinski definition) is 1. The van der Waals surface area contributed by atoms with Gasteiger partial charge in [0, 0.05) is 19.4 Å². The molecule has 0 aliphatic rings. The maximum absolute atomic E-state index is 11.7. The minimum absolute atomic E-state index is 0.109. The van der Waals surface area contributed by atoms with Gasteiger partial charge in [0.2, 0.25) is 0 Å². The van der Waals surface area contributed by atoms with Crippen LogP contribution in [0.15, 0.2) is 0 Å². The lowest BCUT2D eigenvalue weighted by Crippen LogP contribution is -2.41. The van der Waals surface area contributed by atoms with Gasteiger partial charge in [0.25, 0.3) is 0 Å². The highest BCUT2D eigenvalue weighted by molar-refractivity contribution is 6.74. The van der Waals surface area contributed by atoms with Gasteiger partial charge in [-0.3, -0.25) is 4.79 Å². The Bertz CT molecular complexity index is 326. The molecule has 0 fully saturated rings. The SMILES string of the molecule is CCCCC(=O)C[C@H](O)[C@H](Cl)CCCO[Si](C)(C)C(C)(C)C. The van der Waals surface area contributed by atoms with E-state index in [1.165, 1.54) is 0 Å². The fourth-order valence-corrected chi connectivity index (χ4v) is 3.18. The lowest BCUT2D eigenvalue weighted by atomic mass is 10.0. The molecule has 0 spiro atoms. The first kappa shape index (κ1) is 22.1. The van der Waals surface area contributed by atoms with Crippen LogP contribution in [0.25, 0.3) is 0 Å². The normalized spacial score (nSPS) is 15.6. The van der Waals surface area contributed by atoms with Crippen LogP contribution in [-0.2, 0) is 9.22 Å². The summed E-state index contributed by atoms with van der Waals surface area (Å²) in [4.78, 5) is 11.7. The van der Waals surface area contributed by atoms with Gasteiger partial charge >= 0.3 is 0 Å². The summed E-state index contributed by atoms with van der Waals surface area (Å²) in [6.45, 7) is 13.8. The summed E-state index contributed by atoms with van der Waals surface area (Å²) in [5, 5.41) is 9.83. The monoisotopic (exact) mass is 350 g/mol. The molecule has 2 atom stereocenters. The van der Waals surface area contributed by atoms with Crippen LogP contribution in [0.4, 0.5) is 0 Å². The van der Waals surface area contributed by atoms with E-state index in [-0.39, 0.29) is 22.6 Å². The number of carbonyl (C=O) groups excluding carboxylic acids is 1. The van der Waals surface area contributed by atoms with Crippen molar-refractivity contribution in [2.75, 3.05) is 6.61 Å². The molecule has 0 aromatic rings. The lowest BCUT2D eigenvalue weighted by Gasteiger charge is -2.36. The predicted molar refractivity (Wildman–Crippen MR) is 97.2 cm³/mol. The van der Waals surface area contributed by atoms with Crippen molar-refractivity contribution in [1.82, 2.24) is 0 Å². The van der Waals surface area contributed by atoms with Crippen molar-refractivity contribution < 1.29 is 14.3 Å². The summed E-state index contributed by atoms with van der Waals surface area (Å²) in [5.41, 5.74) is 0. The fourth-order valence-electron chi connectivity index (χ4n) is 1.85. The molecule has 1 N–H and O–H groups in total. The Labute approximate surface area is 142 Å². The van der Waals surface area contributed by atoms with Crippen molar-refractivity contribution in [2.24, 2.45) is 0 Å². The van der Waals surface area contributed by atoms with E-state index in [2.05, 4.69) is 40.8 Å². The van der Waals surface area contributed by atoms with Gasteiger partial charge in [-0.15, -0.1) is 11.6 Å². The Balaban J connectivity index is 3.99. The third kappa shape index (κ3) is 8.66. The number of Topliss-reactive ketones (excluding diaryl/α,β-unsaturated/α-hetero) is 1. The van der Waals surface area contributed by atoms with Crippen molar-refractivity contribution in [1.29, 1.82) is 0 Å². The van der Waals surface area contributed by atoms with Gasteiger partial charge in [0.15, 0.2) is 8.32 Å². The maximum atomic E-state index is 11.7. The molecule has 0 saturated heterocycles. The average molecular weight is 351 g/mol. The average Bonchev–Trinajstić information content (AvgIpc) is 2.39. The lowest BCUT2D eigenvalue weighted by molar-refractivity contribution is -0.121. The van der Waals surface area contributed by atoms with Crippen molar-refractivity contribution in [2.45, 2.75) is 95.8 Å². The van der Waals surface area contributed by atoms with Gasteiger partial charge in [-0.05, 0) is 37.4 Å². The summed E-state index contributed by atoms with van der Waals surface area (Å²) in [6.07, 6.45) is 3.37. The molecule has 0 aliphatic heterocycles. The molecule has 0 rings (SSSR count). The van der Waals surface area contributed by atoms with Crippen LogP contribution in [0.2, 0.25) is 18.1 Å². The van der Waals surface area contributed by atoms with Gasteiger partial charge in [-0.2, -0.15) is 0 Å². The molecule has 0 saturated carbocycles. The van der Waals surface area contributed by atoms with E-state index in [4.69, 9.17) is 16.0 Å². The number of aliphatic hydroxyl groups excluding tert-OH is 1. The van der Waals surface area contributed by atoms with Crippen LogP contribution in [0.5, 0.6) is 0 Å². The standard InChI is InChI=1S/C17H35ClO3Si/c1-7-8-10-14(19)13-16(20)15(18)11-9-12-21-22(5,6)17(2,3)4/h15-16,20H,7-13H2,1-6H3/t15-,16+/m1/s1. The first-order chi connectivity index (χ1) is 10.0. The third-order valence-corrected chi connectivity index (χ3v) is 9.60. The largest absolute Gasteiger partial charge is 0.417 e. The zero-order chi connectivity index (χ0) is 17.4. The molecule has 0 aromatic carbocycles. The molecule has 0 radical (unpaired) electrons. The van der Waals surface area contributed by atoms with Crippen LogP contribution < -0.4 is 0 Å². The molecule has 3 nitrogen and oxygen atoms in total. The first-order valence-electron chi connectivity index (χ1n) is 8.49. The molecular weight excluding hydrogens is 316 g/mol. The highest BCUT2D eigenvalue weighted by Gasteiger charge is 2.36. The molecule has 0 aromatic heterocycles. The molecule has 132 valence electrons. The molecule has 5 heteroatoms. The second-order valence-electron chi connectivity index (χ2n) is 7.68. The number of halogens is 1. The van der Waals surface area contributed by atoms with E-state index in [9.17, 15) is 9.90 Å². The zero-order valence-corrected chi connectivity index (χ0v) is 17.0. The van der Waals surface area contributed by atoms with Gasteiger partial charge in [-0.1, -0.05) is 34.1 Å². The van der Waals surface area contributed by atoms with Crippen LogP contribution in [0, 0.1) is 0 Å². The summed E-state index contributed by atoms with van der Waals surface area (Å²) < 4.78 is 6.09. The zero-order valence-electron chi connectivity index (χ0n) is 15.2. The highest BCUT2D eigenvalue weighted by Crippen LogP contribution is 2.36. The molecule has 0 aliphatic carbocycles. The summed E-state index contributed by atoms with van der Waals surface area (Å²) in [7, 11) is -1.70. The minimum Gasteiger partial charge on any atom is -0.417 e. The number of ketones is 1. The number of hydrogen-bond acceptors (Lipinski definition) is 3. The second-order valence-corrected chi connectivity index (χ2v) is 13.1. The van der Waals surface area contributed by atoms with Crippen LogP contribution >= 0.6 is 11.6 Å². The van der Waals surface area contributed by atoms with E-state index >= 15 is 0 Å². The van der Waals surface area contributed by atoms with Gasteiger partial charge in [0.1, 0.15) is 5.78 Å². The third-order valence-electron chi connectivity index (χ3n) is 4.56. The Hall–Kier alpha value is 0.0969.